The lowest BCUT2D eigenvalue weighted by Crippen LogP contribution is -2.35. The number of aliphatic hydroxyl groups excluding tert-OH is 1. The number of aromatic hydroxyl groups is 1. The summed E-state index contributed by atoms with van der Waals surface area (Å²) < 4.78 is 56.4. The second kappa shape index (κ2) is 15.3. The van der Waals surface area contributed by atoms with E-state index < -0.39 is 35.7 Å². The minimum Gasteiger partial charge on any atom is -0.504 e. The number of benzene rings is 4. The van der Waals surface area contributed by atoms with Crippen LogP contribution >= 0.6 is 0 Å². The molecule has 15 nitrogen and oxygen atoms in total. The molecule has 3 N–H and O–H groups in total. The Hall–Kier alpha value is -6.48. The SMILES string of the molecule is COc1ccc(/C=C(/C(=O)Nc2c3c(cc4c2[C@@H](c2cc(OC)c(OC)c(OC)c2)[C@H]2C(=O)OC[C@@H]2[C@H]4O)OCO3)c2cc(OC)c(OC)c(OC)c2)cc1O. The number of ether oxygens (including phenoxy) is 10. The van der Waals surface area contributed by atoms with Crippen molar-refractivity contribution in [3.05, 3.63) is 76.3 Å². The number of rotatable bonds is 12. The number of hydrogen-bond acceptors (Lipinski definition) is 14. The fourth-order valence-electron chi connectivity index (χ4n) is 7.73. The van der Waals surface area contributed by atoms with E-state index in [2.05, 4.69) is 5.32 Å². The van der Waals surface area contributed by atoms with Gasteiger partial charge in [0.25, 0.3) is 5.91 Å². The summed E-state index contributed by atoms with van der Waals surface area (Å²) in [6, 6.07) is 13.0. The Kier molecular flexibility index (Phi) is 10.4. The molecule has 0 bridgehead atoms. The topological polar surface area (TPSA) is 179 Å². The maximum Gasteiger partial charge on any atom is 0.310 e. The highest BCUT2D eigenvalue weighted by Gasteiger charge is 2.53. The van der Waals surface area contributed by atoms with Crippen LogP contribution in [-0.4, -0.2) is 85.3 Å². The van der Waals surface area contributed by atoms with E-state index in [0.29, 0.717) is 50.8 Å². The van der Waals surface area contributed by atoms with Crippen molar-refractivity contribution >= 4 is 29.2 Å². The summed E-state index contributed by atoms with van der Waals surface area (Å²) in [6.07, 6.45) is 0.384. The van der Waals surface area contributed by atoms with Gasteiger partial charge >= 0.3 is 5.97 Å². The van der Waals surface area contributed by atoms with Crippen molar-refractivity contribution < 1.29 is 67.2 Å². The largest absolute Gasteiger partial charge is 0.504 e. The van der Waals surface area contributed by atoms with E-state index in [-0.39, 0.29) is 59.2 Å². The molecule has 1 amide bonds. The molecule has 4 aromatic carbocycles. The average Bonchev–Trinajstić information content (AvgIpc) is 3.85. The molecule has 294 valence electrons. The third kappa shape index (κ3) is 6.32. The number of fused-ring (bicyclic) bond motifs is 3. The minimum atomic E-state index is -1.18. The van der Waals surface area contributed by atoms with Gasteiger partial charge in [0.15, 0.2) is 46.0 Å². The summed E-state index contributed by atoms with van der Waals surface area (Å²) in [5, 5.41) is 25.6. The van der Waals surface area contributed by atoms with Crippen LogP contribution in [0.25, 0.3) is 11.6 Å². The fourth-order valence-corrected chi connectivity index (χ4v) is 7.73. The second-order valence-corrected chi connectivity index (χ2v) is 13.0. The van der Waals surface area contributed by atoms with Gasteiger partial charge in [-0.1, -0.05) is 6.07 Å². The van der Waals surface area contributed by atoms with Crippen molar-refractivity contribution in [3.63, 3.8) is 0 Å². The number of hydrogen-bond donors (Lipinski definition) is 3. The first kappa shape index (κ1) is 37.8. The second-order valence-electron chi connectivity index (χ2n) is 13.0. The van der Waals surface area contributed by atoms with E-state index in [1.807, 2.05) is 0 Å². The zero-order valence-corrected chi connectivity index (χ0v) is 31.7. The molecule has 1 saturated heterocycles. The van der Waals surface area contributed by atoms with Gasteiger partial charge in [0.1, 0.15) is 0 Å². The molecule has 1 aliphatic carbocycles. The molecule has 2 heterocycles. The number of carbonyl (C=O) groups is 2. The van der Waals surface area contributed by atoms with Crippen molar-refractivity contribution in [2.75, 3.05) is 68.5 Å². The number of carbonyl (C=O) groups excluding carboxylic acids is 2. The average molecular weight is 772 g/mol. The van der Waals surface area contributed by atoms with Crippen LogP contribution < -0.4 is 47.9 Å². The van der Waals surface area contributed by atoms with Gasteiger partial charge < -0.3 is 62.9 Å². The monoisotopic (exact) mass is 771 g/mol. The molecular formula is C41H41NO14. The Labute approximate surface area is 322 Å². The number of amides is 1. The number of phenolic OH excluding ortho intramolecular Hbond substituents is 1. The normalized spacial score (nSPS) is 19.3. The molecule has 4 aromatic rings. The molecule has 1 fully saturated rings. The van der Waals surface area contributed by atoms with Gasteiger partial charge in [-0.05, 0) is 76.4 Å². The molecule has 0 spiro atoms. The quantitative estimate of drug-likeness (QED) is 0.0956. The molecule has 0 saturated carbocycles. The number of anilines is 1. The molecule has 0 aromatic heterocycles. The third-order valence-corrected chi connectivity index (χ3v) is 10.3. The predicted octanol–water partition coefficient (Wildman–Crippen LogP) is 5.33. The van der Waals surface area contributed by atoms with E-state index >= 15 is 0 Å². The van der Waals surface area contributed by atoms with Crippen LogP contribution in [0.4, 0.5) is 5.69 Å². The van der Waals surface area contributed by atoms with Gasteiger partial charge in [-0.25, -0.2) is 0 Å². The van der Waals surface area contributed by atoms with Crippen LogP contribution in [0.2, 0.25) is 0 Å². The van der Waals surface area contributed by atoms with Gasteiger partial charge in [0.2, 0.25) is 18.3 Å². The number of esters is 1. The highest BCUT2D eigenvalue weighted by molar-refractivity contribution is 6.30. The Morgan fingerprint density at radius 1 is 0.768 bits per heavy atom. The lowest BCUT2D eigenvalue weighted by molar-refractivity contribution is -0.141. The van der Waals surface area contributed by atoms with Crippen LogP contribution in [0.1, 0.15) is 39.8 Å². The Bertz CT molecular complexity index is 2180. The Balaban J connectivity index is 1.46. The van der Waals surface area contributed by atoms with Crippen LogP contribution in [0.3, 0.4) is 0 Å². The summed E-state index contributed by atoms with van der Waals surface area (Å²) in [6.45, 7) is -0.189. The molecule has 2 aliphatic heterocycles. The van der Waals surface area contributed by atoms with Crippen LogP contribution in [0.15, 0.2) is 48.5 Å². The highest BCUT2D eigenvalue weighted by atomic mass is 16.7. The van der Waals surface area contributed by atoms with Gasteiger partial charge in [-0.15, -0.1) is 0 Å². The summed E-state index contributed by atoms with van der Waals surface area (Å²) in [5.41, 5.74) is 2.42. The van der Waals surface area contributed by atoms with Gasteiger partial charge in [-0.2, -0.15) is 0 Å². The Morgan fingerprint density at radius 3 is 1.95 bits per heavy atom. The number of nitrogens with one attached hydrogen (secondary N) is 1. The number of aliphatic hydroxyl groups is 1. The number of phenols is 1. The lowest BCUT2D eigenvalue weighted by atomic mass is 9.65. The summed E-state index contributed by atoms with van der Waals surface area (Å²) >= 11 is 0. The third-order valence-electron chi connectivity index (χ3n) is 10.3. The van der Waals surface area contributed by atoms with Crippen molar-refractivity contribution in [1.29, 1.82) is 0 Å². The van der Waals surface area contributed by atoms with E-state index in [9.17, 15) is 19.8 Å². The van der Waals surface area contributed by atoms with Gasteiger partial charge in [0.05, 0.1) is 74.1 Å². The van der Waals surface area contributed by atoms with E-state index in [0.717, 1.165) is 0 Å². The molecule has 4 atom stereocenters. The first-order valence-electron chi connectivity index (χ1n) is 17.4. The van der Waals surface area contributed by atoms with Gasteiger partial charge in [0, 0.05) is 17.4 Å². The Morgan fingerprint density at radius 2 is 1.38 bits per heavy atom. The summed E-state index contributed by atoms with van der Waals surface area (Å²) in [7, 11) is 10.3. The van der Waals surface area contributed by atoms with Crippen molar-refractivity contribution in [3.8, 4) is 57.5 Å². The molecule has 56 heavy (non-hydrogen) atoms. The number of cyclic esters (lactones) is 1. The van der Waals surface area contributed by atoms with Crippen molar-refractivity contribution in [1.82, 2.24) is 0 Å². The lowest BCUT2D eigenvalue weighted by Gasteiger charge is -2.38. The zero-order valence-electron chi connectivity index (χ0n) is 31.7. The molecule has 0 radical (unpaired) electrons. The van der Waals surface area contributed by atoms with E-state index in [4.69, 9.17) is 47.4 Å². The van der Waals surface area contributed by atoms with Crippen LogP contribution in [-0.2, 0) is 14.3 Å². The first-order valence-corrected chi connectivity index (χ1v) is 17.4. The van der Waals surface area contributed by atoms with Crippen molar-refractivity contribution in [2.24, 2.45) is 11.8 Å². The van der Waals surface area contributed by atoms with E-state index in [1.165, 1.54) is 55.8 Å². The highest BCUT2D eigenvalue weighted by Crippen LogP contribution is 2.59. The van der Waals surface area contributed by atoms with Gasteiger partial charge in [-0.3, -0.25) is 9.59 Å². The van der Waals surface area contributed by atoms with E-state index in [1.54, 1.807) is 48.5 Å². The predicted molar refractivity (Wildman–Crippen MR) is 201 cm³/mol. The maximum absolute atomic E-state index is 15.0. The molecule has 15 heteroatoms. The summed E-state index contributed by atoms with van der Waals surface area (Å²) in [4.78, 5) is 28.6. The molecule has 0 unspecified atom stereocenters. The maximum atomic E-state index is 15.0. The number of methoxy groups -OCH3 is 7. The zero-order chi connectivity index (χ0) is 39.8. The van der Waals surface area contributed by atoms with Crippen LogP contribution in [0, 0.1) is 11.8 Å². The first-order chi connectivity index (χ1) is 27.1. The molecular weight excluding hydrogens is 730 g/mol. The molecule has 7 rings (SSSR count). The summed E-state index contributed by atoms with van der Waals surface area (Å²) in [5.74, 6) is -1.07. The molecule has 3 aliphatic rings. The van der Waals surface area contributed by atoms with Crippen LogP contribution in [0.5, 0.6) is 57.5 Å². The fraction of sp³-hybridized carbons (Fsp3) is 0.317. The smallest absolute Gasteiger partial charge is 0.310 e. The van der Waals surface area contributed by atoms with Crippen molar-refractivity contribution in [2.45, 2.75) is 12.0 Å². The standard InChI is InChI=1S/C41H41NO14/c1-47-26-9-8-19(11-25(26)43)10-22(20-12-27(48-2)37(52-6)28(13-20)49-3)40(45)42-35-33-23(16-31-39(35)56-18-55-31)36(44)24-17-54-41(46)34(24)32(33)21-14-29(50-4)38(53-7)30(15-21)51-5/h8-16,24,32,34,36,43-44H,17-18H2,1-7H3,(H,42,45)/b22-10+/t24-,32+,34-,36-/m0/s1. The minimum absolute atomic E-state index is 0.0239.